The third kappa shape index (κ3) is 2.75. The number of pyridine rings is 1. The molecule has 8 nitrogen and oxygen atoms in total. The fraction of sp³-hybridized carbons (Fsp3) is 0.211. The number of hydrogen-bond acceptors (Lipinski definition) is 7. The van der Waals surface area contributed by atoms with Crippen molar-refractivity contribution in [1.82, 2.24) is 25.0 Å². The zero-order valence-corrected chi connectivity index (χ0v) is 15.0. The summed E-state index contributed by atoms with van der Waals surface area (Å²) in [7, 11) is 0. The molecule has 1 aromatic carbocycles. The average molecular weight is 359 g/mol. The number of nitrogens with zero attached hydrogens (tertiary/aromatic N) is 6. The Hall–Kier alpha value is -3.55. The van der Waals surface area contributed by atoms with Crippen molar-refractivity contribution >= 4 is 22.4 Å². The van der Waals surface area contributed by atoms with Crippen LogP contribution >= 0.6 is 0 Å². The van der Waals surface area contributed by atoms with Crippen molar-refractivity contribution in [1.29, 1.82) is 0 Å². The van der Waals surface area contributed by atoms with Crippen LogP contribution in [0.1, 0.15) is 28.7 Å². The lowest BCUT2D eigenvalue weighted by Crippen LogP contribution is -2.13. The van der Waals surface area contributed by atoms with Gasteiger partial charge in [-0.25, -0.2) is 0 Å². The van der Waals surface area contributed by atoms with Crippen LogP contribution in [0.15, 0.2) is 45.9 Å². The molecule has 27 heavy (non-hydrogen) atoms. The van der Waals surface area contributed by atoms with E-state index in [2.05, 4.69) is 42.7 Å². The monoisotopic (exact) mass is 359 g/mol. The van der Waals surface area contributed by atoms with Gasteiger partial charge in [-0.2, -0.15) is 5.10 Å². The van der Waals surface area contributed by atoms with Crippen molar-refractivity contribution < 1.29 is 4.42 Å². The first kappa shape index (κ1) is 15.7. The summed E-state index contributed by atoms with van der Waals surface area (Å²) in [5.74, 6) is 1.90. The van der Waals surface area contributed by atoms with Gasteiger partial charge in [0.05, 0.1) is 17.8 Å². The number of aromatic nitrogens is 5. The number of rotatable bonds is 3. The van der Waals surface area contributed by atoms with Crippen LogP contribution in [-0.2, 0) is 13.1 Å². The quantitative estimate of drug-likeness (QED) is 0.604. The molecule has 0 spiro atoms. The van der Waals surface area contributed by atoms with Gasteiger partial charge in [0.15, 0.2) is 5.84 Å². The van der Waals surface area contributed by atoms with E-state index in [0.717, 1.165) is 39.4 Å². The topological polar surface area (TPSA) is 94.0 Å². The van der Waals surface area contributed by atoms with Crippen LogP contribution in [-0.4, -0.2) is 30.8 Å². The van der Waals surface area contributed by atoms with Crippen molar-refractivity contribution in [3.05, 3.63) is 65.3 Å². The highest BCUT2D eigenvalue weighted by Gasteiger charge is 2.17. The Morgan fingerprint density at radius 1 is 1.19 bits per heavy atom. The summed E-state index contributed by atoms with van der Waals surface area (Å²) in [4.78, 5) is 9.00. The molecule has 0 fully saturated rings. The molecular weight excluding hydrogens is 342 g/mol. The van der Waals surface area contributed by atoms with Crippen LogP contribution in [0.5, 0.6) is 0 Å². The molecule has 5 rings (SSSR count). The van der Waals surface area contributed by atoms with Gasteiger partial charge in [-0.3, -0.25) is 14.7 Å². The fourth-order valence-corrected chi connectivity index (χ4v) is 3.32. The van der Waals surface area contributed by atoms with E-state index in [-0.39, 0.29) is 0 Å². The molecular formula is C19H17N7O. The summed E-state index contributed by atoms with van der Waals surface area (Å²) in [6, 6.07) is 10.1. The molecule has 1 N–H and O–H groups in total. The van der Waals surface area contributed by atoms with Crippen LogP contribution in [0.3, 0.4) is 0 Å². The Balaban J connectivity index is 1.45. The Morgan fingerprint density at radius 3 is 2.96 bits per heavy atom. The van der Waals surface area contributed by atoms with E-state index >= 15 is 0 Å². The van der Waals surface area contributed by atoms with Gasteiger partial charge in [0.1, 0.15) is 12.2 Å². The molecule has 0 saturated carbocycles. The predicted molar refractivity (Wildman–Crippen MR) is 101 cm³/mol. The standard InChI is InChI=1S/C19H17N7O/c1-11-15-8-14(22-19-18-13(9-21-19)4-3-7-20-18)5-6-16(15)26(25-11)10-17-24-23-12(2)27-17/h3-8H,9-10H2,1-2H3,(H,21,22). The van der Waals surface area contributed by atoms with Gasteiger partial charge in [-0.05, 0) is 31.2 Å². The molecule has 0 atom stereocenters. The summed E-state index contributed by atoms with van der Waals surface area (Å²) >= 11 is 0. The minimum Gasteiger partial charge on any atom is -0.424 e. The van der Waals surface area contributed by atoms with E-state index in [1.165, 1.54) is 0 Å². The lowest BCUT2D eigenvalue weighted by Gasteiger charge is -2.07. The highest BCUT2D eigenvalue weighted by Crippen LogP contribution is 2.25. The number of amidine groups is 1. The van der Waals surface area contributed by atoms with E-state index in [1.54, 1.807) is 13.1 Å². The Kier molecular flexibility index (Phi) is 3.49. The first-order valence-electron chi connectivity index (χ1n) is 8.69. The molecule has 8 heteroatoms. The third-order valence-electron chi connectivity index (χ3n) is 4.57. The number of anilines is 1. The lowest BCUT2D eigenvalue weighted by atomic mass is 10.2. The summed E-state index contributed by atoms with van der Waals surface area (Å²) < 4.78 is 7.35. The number of aliphatic imine (C=N–C) groups is 1. The number of hydrogen-bond donors (Lipinski definition) is 1. The Bertz CT molecular complexity index is 1190. The van der Waals surface area contributed by atoms with Gasteiger partial charge in [0.2, 0.25) is 11.8 Å². The molecule has 0 aliphatic carbocycles. The molecule has 0 amide bonds. The molecule has 4 aromatic rings. The van der Waals surface area contributed by atoms with Crippen LogP contribution in [0, 0.1) is 13.8 Å². The normalized spacial score (nSPS) is 13.0. The van der Waals surface area contributed by atoms with Crippen molar-refractivity contribution in [2.24, 2.45) is 4.99 Å². The molecule has 1 aliphatic rings. The first-order valence-corrected chi connectivity index (χ1v) is 8.69. The van der Waals surface area contributed by atoms with Gasteiger partial charge in [0, 0.05) is 29.8 Å². The van der Waals surface area contributed by atoms with Crippen LogP contribution in [0.25, 0.3) is 10.9 Å². The van der Waals surface area contributed by atoms with Crippen molar-refractivity contribution in [3.63, 3.8) is 0 Å². The molecule has 0 bridgehead atoms. The second-order valence-corrected chi connectivity index (χ2v) is 6.49. The fourth-order valence-electron chi connectivity index (χ4n) is 3.32. The number of aryl methyl sites for hydroxylation is 2. The molecule has 0 radical (unpaired) electrons. The Morgan fingerprint density at radius 2 is 2.11 bits per heavy atom. The predicted octanol–water partition coefficient (Wildman–Crippen LogP) is 2.85. The van der Waals surface area contributed by atoms with Crippen molar-refractivity contribution in [3.8, 4) is 0 Å². The van der Waals surface area contributed by atoms with E-state index in [9.17, 15) is 0 Å². The molecule has 0 saturated heterocycles. The maximum absolute atomic E-state index is 5.47. The van der Waals surface area contributed by atoms with Crippen LogP contribution < -0.4 is 5.32 Å². The summed E-state index contributed by atoms with van der Waals surface area (Å²) in [6.45, 7) is 4.88. The Labute approximate surface area is 155 Å². The van der Waals surface area contributed by atoms with Crippen molar-refractivity contribution in [2.75, 3.05) is 5.32 Å². The maximum atomic E-state index is 5.47. The number of nitrogens with one attached hydrogen (secondary N) is 1. The van der Waals surface area contributed by atoms with Gasteiger partial charge >= 0.3 is 0 Å². The average Bonchev–Trinajstić information content (AvgIpc) is 3.35. The van der Waals surface area contributed by atoms with Gasteiger partial charge in [0.25, 0.3) is 0 Å². The lowest BCUT2D eigenvalue weighted by molar-refractivity contribution is 0.447. The van der Waals surface area contributed by atoms with E-state index in [0.29, 0.717) is 24.9 Å². The minimum absolute atomic E-state index is 0.446. The maximum Gasteiger partial charge on any atom is 0.237 e. The zero-order valence-electron chi connectivity index (χ0n) is 15.0. The number of benzene rings is 1. The highest BCUT2D eigenvalue weighted by molar-refractivity contribution is 6.09. The molecule has 1 aliphatic heterocycles. The van der Waals surface area contributed by atoms with Crippen molar-refractivity contribution in [2.45, 2.75) is 26.9 Å². The SMILES string of the molecule is Cc1nnc(Cn2nc(C)c3cc(NC4=NCc5cccnc54)ccc32)o1. The molecule has 4 heterocycles. The first-order chi connectivity index (χ1) is 13.2. The minimum atomic E-state index is 0.446. The largest absolute Gasteiger partial charge is 0.424 e. The summed E-state index contributed by atoms with van der Waals surface area (Å²) in [5.41, 5.74) is 4.96. The van der Waals surface area contributed by atoms with Gasteiger partial charge < -0.3 is 9.73 Å². The zero-order chi connectivity index (χ0) is 18.4. The smallest absolute Gasteiger partial charge is 0.237 e. The summed E-state index contributed by atoms with van der Waals surface area (Å²) in [5, 5.41) is 17.0. The van der Waals surface area contributed by atoms with Crippen LogP contribution in [0.4, 0.5) is 5.69 Å². The highest BCUT2D eigenvalue weighted by atomic mass is 16.4. The van der Waals surface area contributed by atoms with E-state index in [4.69, 9.17) is 4.42 Å². The second-order valence-electron chi connectivity index (χ2n) is 6.49. The van der Waals surface area contributed by atoms with E-state index < -0.39 is 0 Å². The summed E-state index contributed by atoms with van der Waals surface area (Å²) in [6.07, 6.45) is 1.79. The molecule has 0 unspecified atom stereocenters. The van der Waals surface area contributed by atoms with Gasteiger partial charge in [-0.1, -0.05) is 6.07 Å². The molecule has 134 valence electrons. The third-order valence-corrected chi connectivity index (χ3v) is 4.57. The van der Waals surface area contributed by atoms with Crippen LogP contribution in [0.2, 0.25) is 0 Å². The number of fused-ring (bicyclic) bond motifs is 2. The second kappa shape index (κ2) is 6.01. The molecule has 3 aromatic heterocycles. The van der Waals surface area contributed by atoms with Gasteiger partial charge in [-0.15, -0.1) is 10.2 Å². The van der Waals surface area contributed by atoms with E-state index in [1.807, 2.05) is 29.8 Å².